The smallest absolute Gasteiger partial charge is 0.229 e. The molecular formula is C23H23N7O3. The standard InChI is InChI=1S/C23H23N7O3/c1-24-21-20-15(11-19(28-29-20)27-22(31)13-2-3-13)16(12-25-21)23-26-17-10-14(4-5-18(17)33-23)30-6-8-32-9-7-30/h4-5,10-13H,2-3,6-9H2,1H3,(H,24,25)(H,27,28,31). The van der Waals surface area contributed by atoms with Gasteiger partial charge in [0.15, 0.2) is 17.2 Å². The number of carbonyl (C=O) groups excluding carboxylic acids is 1. The van der Waals surface area contributed by atoms with E-state index in [-0.39, 0.29) is 11.8 Å². The third kappa shape index (κ3) is 3.72. The quantitative estimate of drug-likeness (QED) is 0.478. The lowest BCUT2D eigenvalue weighted by Crippen LogP contribution is -2.36. The van der Waals surface area contributed by atoms with E-state index in [1.807, 2.05) is 18.2 Å². The second-order valence-electron chi connectivity index (χ2n) is 8.30. The lowest BCUT2D eigenvalue weighted by molar-refractivity contribution is -0.117. The van der Waals surface area contributed by atoms with Crippen molar-refractivity contribution in [3.8, 4) is 11.5 Å². The normalized spacial score (nSPS) is 16.3. The zero-order valence-corrected chi connectivity index (χ0v) is 18.2. The molecule has 2 fully saturated rings. The zero-order valence-electron chi connectivity index (χ0n) is 18.2. The number of carbonyl (C=O) groups is 1. The topological polar surface area (TPSA) is 118 Å². The van der Waals surface area contributed by atoms with Gasteiger partial charge in [-0.05, 0) is 37.1 Å². The number of hydrogen-bond acceptors (Lipinski definition) is 9. The predicted molar refractivity (Wildman–Crippen MR) is 124 cm³/mol. The van der Waals surface area contributed by atoms with Crippen molar-refractivity contribution in [2.75, 3.05) is 48.9 Å². The van der Waals surface area contributed by atoms with E-state index in [1.165, 1.54) is 0 Å². The molecule has 33 heavy (non-hydrogen) atoms. The van der Waals surface area contributed by atoms with Crippen molar-refractivity contribution in [2.24, 2.45) is 5.92 Å². The fourth-order valence-corrected chi connectivity index (χ4v) is 4.07. The maximum atomic E-state index is 12.2. The maximum absolute atomic E-state index is 12.2. The molecule has 0 bridgehead atoms. The van der Waals surface area contributed by atoms with E-state index in [2.05, 4.69) is 30.7 Å². The molecule has 168 valence electrons. The van der Waals surface area contributed by atoms with Crippen LogP contribution in [0.25, 0.3) is 33.5 Å². The summed E-state index contributed by atoms with van der Waals surface area (Å²) in [4.78, 5) is 23.7. The van der Waals surface area contributed by atoms with E-state index in [4.69, 9.17) is 14.1 Å². The van der Waals surface area contributed by atoms with E-state index in [0.29, 0.717) is 34.2 Å². The van der Waals surface area contributed by atoms with Crippen LogP contribution in [0.3, 0.4) is 0 Å². The molecule has 4 aromatic rings. The van der Waals surface area contributed by atoms with Crippen molar-refractivity contribution in [1.29, 1.82) is 0 Å². The highest BCUT2D eigenvalue weighted by molar-refractivity contribution is 6.01. The number of aromatic nitrogens is 4. The van der Waals surface area contributed by atoms with Gasteiger partial charge in [-0.2, -0.15) is 0 Å². The van der Waals surface area contributed by atoms with Gasteiger partial charge in [0, 0.05) is 43.3 Å². The molecule has 1 saturated carbocycles. The molecule has 0 spiro atoms. The summed E-state index contributed by atoms with van der Waals surface area (Å²) >= 11 is 0. The van der Waals surface area contributed by atoms with Crippen LogP contribution in [0, 0.1) is 5.92 Å². The average molecular weight is 445 g/mol. The van der Waals surface area contributed by atoms with Crippen LogP contribution < -0.4 is 15.5 Å². The lowest BCUT2D eigenvalue weighted by Gasteiger charge is -2.28. The summed E-state index contributed by atoms with van der Waals surface area (Å²) in [6.07, 6.45) is 3.54. The first-order chi connectivity index (χ1) is 16.2. The van der Waals surface area contributed by atoms with Crippen molar-refractivity contribution >= 4 is 45.2 Å². The number of ether oxygens (including phenoxy) is 1. The first kappa shape index (κ1) is 19.9. The Hall–Kier alpha value is -3.79. The SMILES string of the molecule is CNc1ncc(-c2nc3cc(N4CCOCC4)ccc3o2)c2cc(NC(=O)C3CC3)nnc12. The van der Waals surface area contributed by atoms with Crippen LogP contribution >= 0.6 is 0 Å². The number of rotatable bonds is 5. The molecule has 3 aromatic heterocycles. The van der Waals surface area contributed by atoms with Crippen LogP contribution in [0.4, 0.5) is 17.3 Å². The Morgan fingerprint density at radius 2 is 2.00 bits per heavy atom. The summed E-state index contributed by atoms with van der Waals surface area (Å²) in [5.41, 5.74) is 3.82. The van der Waals surface area contributed by atoms with Crippen LogP contribution in [0.2, 0.25) is 0 Å². The van der Waals surface area contributed by atoms with Gasteiger partial charge in [0.2, 0.25) is 11.8 Å². The largest absolute Gasteiger partial charge is 0.436 e. The lowest BCUT2D eigenvalue weighted by atomic mass is 10.1. The van der Waals surface area contributed by atoms with Gasteiger partial charge < -0.3 is 24.7 Å². The first-order valence-corrected chi connectivity index (χ1v) is 11.1. The molecule has 2 aliphatic rings. The highest BCUT2D eigenvalue weighted by Gasteiger charge is 2.30. The zero-order chi connectivity index (χ0) is 22.4. The fraction of sp³-hybridized carbons (Fsp3) is 0.348. The molecule has 0 radical (unpaired) electrons. The molecule has 1 aliphatic carbocycles. The molecule has 1 aliphatic heterocycles. The Balaban J connectivity index is 1.41. The Labute approximate surface area is 189 Å². The Morgan fingerprint density at radius 3 is 2.79 bits per heavy atom. The highest BCUT2D eigenvalue weighted by Crippen LogP contribution is 2.34. The van der Waals surface area contributed by atoms with Crippen LogP contribution in [-0.4, -0.2) is 59.4 Å². The Kier molecular flexibility index (Phi) is 4.79. The summed E-state index contributed by atoms with van der Waals surface area (Å²) in [5.74, 6) is 1.49. The minimum absolute atomic E-state index is 0.0226. The Morgan fingerprint density at radius 1 is 1.15 bits per heavy atom. The number of fused-ring (bicyclic) bond motifs is 2. The predicted octanol–water partition coefficient (Wildman–Crippen LogP) is 3.06. The summed E-state index contributed by atoms with van der Waals surface area (Å²) in [6, 6.07) is 7.82. The number of morpholine rings is 1. The highest BCUT2D eigenvalue weighted by atomic mass is 16.5. The first-order valence-electron chi connectivity index (χ1n) is 11.1. The van der Waals surface area contributed by atoms with Gasteiger partial charge in [-0.1, -0.05) is 0 Å². The molecule has 1 aromatic carbocycles. The minimum Gasteiger partial charge on any atom is -0.436 e. The van der Waals surface area contributed by atoms with E-state index < -0.39 is 0 Å². The summed E-state index contributed by atoms with van der Waals surface area (Å²) in [5, 5.41) is 15.1. The molecule has 4 heterocycles. The monoisotopic (exact) mass is 445 g/mol. The molecule has 0 unspecified atom stereocenters. The number of nitrogens with zero attached hydrogens (tertiary/aromatic N) is 5. The molecule has 1 saturated heterocycles. The average Bonchev–Trinajstić information content (AvgIpc) is 3.62. The van der Waals surface area contributed by atoms with Gasteiger partial charge in [0.1, 0.15) is 11.0 Å². The summed E-state index contributed by atoms with van der Waals surface area (Å²) in [6.45, 7) is 3.14. The van der Waals surface area contributed by atoms with Crippen LogP contribution in [0.5, 0.6) is 0 Å². The number of anilines is 3. The third-order valence-electron chi connectivity index (χ3n) is 6.05. The molecule has 2 N–H and O–H groups in total. The molecular weight excluding hydrogens is 422 g/mol. The fourth-order valence-electron chi connectivity index (χ4n) is 4.07. The van der Waals surface area contributed by atoms with Crippen molar-refractivity contribution in [3.63, 3.8) is 0 Å². The van der Waals surface area contributed by atoms with Gasteiger partial charge in [-0.3, -0.25) is 4.79 Å². The van der Waals surface area contributed by atoms with Gasteiger partial charge >= 0.3 is 0 Å². The maximum Gasteiger partial charge on any atom is 0.229 e. The van der Waals surface area contributed by atoms with Gasteiger partial charge in [0.25, 0.3) is 0 Å². The molecule has 1 amide bonds. The van der Waals surface area contributed by atoms with E-state index in [9.17, 15) is 4.79 Å². The molecule has 10 heteroatoms. The van der Waals surface area contributed by atoms with Gasteiger partial charge in [0.05, 0.1) is 18.8 Å². The van der Waals surface area contributed by atoms with Crippen molar-refractivity contribution in [1.82, 2.24) is 20.2 Å². The number of pyridine rings is 1. The van der Waals surface area contributed by atoms with Crippen LogP contribution in [0.15, 0.2) is 34.9 Å². The number of benzene rings is 1. The van der Waals surface area contributed by atoms with E-state index >= 15 is 0 Å². The van der Waals surface area contributed by atoms with Crippen molar-refractivity contribution in [3.05, 3.63) is 30.5 Å². The number of amides is 1. The molecule has 0 atom stereocenters. The number of hydrogen-bond donors (Lipinski definition) is 2. The second kappa shape index (κ2) is 7.96. The second-order valence-corrected chi connectivity index (χ2v) is 8.30. The molecule has 10 nitrogen and oxygen atoms in total. The van der Waals surface area contributed by atoms with Gasteiger partial charge in [-0.15, -0.1) is 10.2 Å². The summed E-state index contributed by atoms with van der Waals surface area (Å²) < 4.78 is 11.6. The van der Waals surface area contributed by atoms with Crippen LogP contribution in [-0.2, 0) is 9.53 Å². The van der Waals surface area contributed by atoms with Crippen molar-refractivity contribution < 1.29 is 13.9 Å². The Bertz CT molecular complexity index is 1360. The third-order valence-corrected chi connectivity index (χ3v) is 6.05. The van der Waals surface area contributed by atoms with Crippen molar-refractivity contribution in [2.45, 2.75) is 12.8 Å². The number of nitrogens with one attached hydrogen (secondary N) is 2. The van der Waals surface area contributed by atoms with E-state index in [1.54, 1.807) is 19.3 Å². The van der Waals surface area contributed by atoms with E-state index in [0.717, 1.165) is 55.7 Å². The minimum atomic E-state index is -0.0226. The molecule has 6 rings (SSSR count). The number of oxazole rings is 1. The summed E-state index contributed by atoms with van der Waals surface area (Å²) in [7, 11) is 1.78. The van der Waals surface area contributed by atoms with Crippen LogP contribution in [0.1, 0.15) is 12.8 Å². The van der Waals surface area contributed by atoms with Gasteiger partial charge in [-0.25, -0.2) is 9.97 Å².